The molecular formula is C12H7Cl2N5. The van der Waals surface area contributed by atoms with Gasteiger partial charge in [-0.05, 0) is 34.7 Å². The van der Waals surface area contributed by atoms with E-state index < -0.39 is 0 Å². The number of hydrogen-bond donors (Lipinski definition) is 0. The van der Waals surface area contributed by atoms with Gasteiger partial charge in [-0.25, -0.2) is 4.98 Å². The Morgan fingerprint density at radius 2 is 1.89 bits per heavy atom. The van der Waals surface area contributed by atoms with Crippen LogP contribution in [-0.4, -0.2) is 25.2 Å². The van der Waals surface area contributed by atoms with Gasteiger partial charge in [0.15, 0.2) is 11.6 Å². The SMILES string of the molecule is Clc1cccc(-c2nnnn2-c2ccccn2)c1Cl. The van der Waals surface area contributed by atoms with Gasteiger partial charge >= 0.3 is 0 Å². The minimum absolute atomic E-state index is 0.413. The van der Waals surface area contributed by atoms with E-state index in [0.29, 0.717) is 27.3 Å². The summed E-state index contributed by atoms with van der Waals surface area (Å²) in [6.07, 6.45) is 1.67. The van der Waals surface area contributed by atoms with Crippen molar-refractivity contribution in [3.63, 3.8) is 0 Å². The van der Waals surface area contributed by atoms with Crippen LogP contribution in [0.5, 0.6) is 0 Å². The molecule has 2 aromatic heterocycles. The molecule has 0 spiro atoms. The van der Waals surface area contributed by atoms with Gasteiger partial charge in [0.1, 0.15) is 0 Å². The fraction of sp³-hybridized carbons (Fsp3) is 0. The van der Waals surface area contributed by atoms with E-state index in [1.165, 1.54) is 4.68 Å². The summed E-state index contributed by atoms with van der Waals surface area (Å²) in [6.45, 7) is 0. The van der Waals surface area contributed by atoms with E-state index >= 15 is 0 Å². The number of hydrogen-bond acceptors (Lipinski definition) is 4. The summed E-state index contributed by atoms with van der Waals surface area (Å²) in [7, 11) is 0. The van der Waals surface area contributed by atoms with Gasteiger partial charge in [-0.1, -0.05) is 35.3 Å². The Morgan fingerprint density at radius 1 is 1.00 bits per heavy atom. The minimum Gasteiger partial charge on any atom is -0.237 e. The second-order valence-corrected chi connectivity index (χ2v) is 4.49. The lowest BCUT2D eigenvalue weighted by atomic mass is 10.2. The fourth-order valence-electron chi connectivity index (χ4n) is 1.66. The molecule has 0 bridgehead atoms. The number of nitrogens with zero attached hydrogens (tertiary/aromatic N) is 5. The van der Waals surface area contributed by atoms with Crippen LogP contribution in [0, 0.1) is 0 Å². The number of pyridine rings is 1. The van der Waals surface area contributed by atoms with Crippen molar-refractivity contribution in [2.24, 2.45) is 0 Å². The van der Waals surface area contributed by atoms with E-state index in [4.69, 9.17) is 23.2 Å². The topological polar surface area (TPSA) is 56.5 Å². The molecule has 0 saturated heterocycles. The van der Waals surface area contributed by atoms with Gasteiger partial charge in [0.25, 0.3) is 0 Å². The summed E-state index contributed by atoms with van der Waals surface area (Å²) in [5, 5.41) is 12.4. The molecule has 0 unspecified atom stereocenters. The third-order valence-corrected chi connectivity index (χ3v) is 3.35. The number of benzene rings is 1. The average molecular weight is 292 g/mol. The van der Waals surface area contributed by atoms with E-state index in [2.05, 4.69) is 20.5 Å². The molecule has 3 rings (SSSR count). The lowest BCUT2D eigenvalue weighted by Crippen LogP contribution is -2.02. The highest BCUT2D eigenvalue weighted by Crippen LogP contribution is 2.32. The standard InChI is InChI=1S/C12H7Cl2N5/c13-9-5-3-4-8(11(9)14)12-16-17-18-19(12)10-6-1-2-7-15-10/h1-7H. The third kappa shape index (κ3) is 2.18. The van der Waals surface area contributed by atoms with Gasteiger partial charge in [-0.2, -0.15) is 4.68 Å². The monoisotopic (exact) mass is 291 g/mol. The molecule has 0 aliphatic rings. The van der Waals surface area contributed by atoms with Crippen molar-refractivity contribution in [1.29, 1.82) is 0 Å². The zero-order chi connectivity index (χ0) is 13.2. The van der Waals surface area contributed by atoms with Crippen LogP contribution < -0.4 is 0 Å². The normalized spacial score (nSPS) is 10.6. The van der Waals surface area contributed by atoms with Crippen molar-refractivity contribution >= 4 is 23.2 Å². The molecule has 0 saturated carbocycles. The number of halogens is 2. The molecule has 0 amide bonds. The smallest absolute Gasteiger partial charge is 0.190 e. The summed E-state index contributed by atoms with van der Waals surface area (Å²) >= 11 is 12.2. The number of rotatable bonds is 2. The molecule has 0 atom stereocenters. The van der Waals surface area contributed by atoms with E-state index in [9.17, 15) is 0 Å². The van der Waals surface area contributed by atoms with Gasteiger partial charge < -0.3 is 0 Å². The minimum atomic E-state index is 0.413. The molecule has 3 aromatic rings. The molecule has 0 aliphatic carbocycles. The van der Waals surface area contributed by atoms with Crippen LogP contribution in [0.25, 0.3) is 17.2 Å². The van der Waals surface area contributed by atoms with Gasteiger partial charge in [0.2, 0.25) is 0 Å². The van der Waals surface area contributed by atoms with Gasteiger partial charge in [-0.3, -0.25) is 0 Å². The fourth-order valence-corrected chi connectivity index (χ4v) is 2.05. The largest absolute Gasteiger partial charge is 0.237 e. The van der Waals surface area contributed by atoms with Crippen LogP contribution in [0.15, 0.2) is 42.6 Å². The van der Waals surface area contributed by atoms with Crippen molar-refractivity contribution in [2.75, 3.05) is 0 Å². The molecule has 0 aliphatic heterocycles. The first-order chi connectivity index (χ1) is 9.27. The highest BCUT2D eigenvalue weighted by molar-refractivity contribution is 6.43. The Bertz CT molecular complexity index is 711. The first-order valence-corrected chi connectivity index (χ1v) is 6.17. The quantitative estimate of drug-likeness (QED) is 0.728. The van der Waals surface area contributed by atoms with Gasteiger partial charge in [-0.15, -0.1) is 5.10 Å². The van der Waals surface area contributed by atoms with E-state index in [0.717, 1.165) is 0 Å². The maximum Gasteiger partial charge on any atom is 0.190 e. The Kier molecular flexibility index (Phi) is 3.15. The molecule has 1 aromatic carbocycles. The first kappa shape index (κ1) is 12.1. The molecule has 0 N–H and O–H groups in total. The zero-order valence-electron chi connectivity index (χ0n) is 9.53. The first-order valence-electron chi connectivity index (χ1n) is 5.41. The summed E-state index contributed by atoms with van der Waals surface area (Å²) in [5.74, 6) is 1.10. The lowest BCUT2D eigenvalue weighted by Gasteiger charge is -2.05. The highest BCUT2D eigenvalue weighted by Gasteiger charge is 2.15. The highest BCUT2D eigenvalue weighted by atomic mass is 35.5. The second-order valence-electron chi connectivity index (χ2n) is 3.70. The second kappa shape index (κ2) is 4.95. The third-order valence-electron chi connectivity index (χ3n) is 2.53. The van der Waals surface area contributed by atoms with Crippen molar-refractivity contribution in [3.8, 4) is 17.2 Å². The van der Waals surface area contributed by atoms with Crippen molar-refractivity contribution in [1.82, 2.24) is 25.2 Å². The Hall–Kier alpha value is -1.98. The number of tetrazole rings is 1. The van der Waals surface area contributed by atoms with E-state index in [1.54, 1.807) is 30.5 Å². The van der Waals surface area contributed by atoms with Crippen LogP contribution in [0.2, 0.25) is 10.0 Å². The van der Waals surface area contributed by atoms with Crippen LogP contribution in [0.1, 0.15) is 0 Å². The zero-order valence-corrected chi connectivity index (χ0v) is 11.0. The summed E-state index contributed by atoms with van der Waals surface area (Å²) in [5.41, 5.74) is 0.657. The van der Waals surface area contributed by atoms with Crippen LogP contribution in [0.4, 0.5) is 0 Å². The maximum absolute atomic E-state index is 6.18. The van der Waals surface area contributed by atoms with E-state index in [-0.39, 0.29) is 0 Å². The van der Waals surface area contributed by atoms with Gasteiger partial charge in [0, 0.05) is 11.8 Å². The molecule has 0 fully saturated rings. The van der Waals surface area contributed by atoms with Crippen molar-refractivity contribution in [3.05, 3.63) is 52.6 Å². The van der Waals surface area contributed by atoms with E-state index in [1.807, 2.05) is 12.1 Å². The number of aromatic nitrogens is 5. The molecule has 0 radical (unpaired) electrons. The predicted octanol–water partition coefficient (Wildman–Crippen LogP) is 3.03. The van der Waals surface area contributed by atoms with Gasteiger partial charge in [0.05, 0.1) is 10.0 Å². The van der Waals surface area contributed by atoms with Crippen LogP contribution in [-0.2, 0) is 0 Å². The average Bonchev–Trinajstić information content (AvgIpc) is 2.92. The molecule has 2 heterocycles. The molecule has 7 heteroatoms. The molecule has 5 nitrogen and oxygen atoms in total. The van der Waals surface area contributed by atoms with Crippen molar-refractivity contribution in [2.45, 2.75) is 0 Å². The molecular weight excluding hydrogens is 285 g/mol. The molecule has 94 valence electrons. The van der Waals surface area contributed by atoms with Crippen molar-refractivity contribution < 1.29 is 0 Å². The summed E-state index contributed by atoms with van der Waals surface area (Å²) in [6, 6.07) is 10.8. The lowest BCUT2D eigenvalue weighted by molar-refractivity contribution is 0.773. The Balaban J connectivity index is 2.18. The van der Waals surface area contributed by atoms with Crippen LogP contribution in [0.3, 0.4) is 0 Å². The Labute approximate surface area is 118 Å². The summed E-state index contributed by atoms with van der Waals surface area (Å²) in [4.78, 5) is 4.20. The Morgan fingerprint density at radius 3 is 2.68 bits per heavy atom. The predicted molar refractivity (Wildman–Crippen MR) is 72.4 cm³/mol. The summed E-state index contributed by atoms with van der Waals surface area (Å²) < 4.78 is 1.51. The van der Waals surface area contributed by atoms with Crippen LogP contribution >= 0.6 is 23.2 Å². The molecule has 19 heavy (non-hydrogen) atoms. The maximum atomic E-state index is 6.18.